The van der Waals surface area contributed by atoms with Crippen LogP contribution in [0.3, 0.4) is 0 Å². The Balaban J connectivity index is 2.37. The Morgan fingerprint density at radius 3 is 2.63 bits per heavy atom. The summed E-state index contributed by atoms with van der Waals surface area (Å²) in [5.74, 6) is 0.646. The molecule has 19 heavy (non-hydrogen) atoms. The van der Waals surface area contributed by atoms with Gasteiger partial charge in [0.1, 0.15) is 22.5 Å². The van der Waals surface area contributed by atoms with Crippen LogP contribution < -0.4 is 4.74 Å². The van der Waals surface area contributed by atoms with Crippen LogP contribution in [0.4, 0.5) is 4.39 Å². The summed E-state index contributed by atoms with van der Waals surface area (Å²) in [7, 11) is 0. The Labute approximate surface area is 120 Å². The van der Waals surface area contributed by atoms with Crippen molar-refractivity contribution in [3.8, 4) is 11.6 Å². The lowest BCUT2D eigenvalue weighted by molar-refractivity contribution is 0.450. The van der Waals surface area contributed by atoms with Crippen molar-refractivity contribution in [3.63, 3.8) is 0 Å². The van der Waals surface area contributed by atoms with Crippen molar-refractivity contribution in [2.75, 3.05) is 0 Å². The highest BCUT2D eigenvalue weighted by molar-refractivity contribution is 6.30. The first-order valence-corrected chi connectivity index (χ1v) is 6.42. The van der Waals surface area contributed by atoms with Gasteiger partial charge in [0.15, 0.2) is 0 Å². The number of benzene rings is 1. The number of halogens is 3. The zero-order valence-corrected chi connectivity index (χ0v) is 11.9. The predicted molar refractivity (Wildman–Crippen MR) is 72.6 cm³/mol. The smallest absolute Gasteiger partial charge is 0.226 e. The van der Waals surface area contributed by atoms with E-state index in [1.807, 2.05) is 6.92 Å². The molecule has 0 spiro atoms. The molecule has 0 aliphatic carbocycles. The van der Waals surface area contributed by atoms with Gasteiger partial charge in [-0.2, -0.15) is 4.98 Å². The second kappa shape index (κ2) is 5.72. The molecular formula is C13H11Cl2FN2O. The predicted octanol–water partition coefficient (Wildman–Crippen LogP) is 4.59. The first-order chi connectivity index (χ1) is 9.01. The molecule has 0 aliphatic heterocycles. The first-order valence-electron chi connectivity index (χ1n) is 5.67. The Hall–Kier alpha value is -1.39. The second-order valence-corrected chi connectivity index (χ2v) is 4.66. The fraction of sp³-hybridized carbons (Fsp3) is 0.231. The van der Waals surface area contributed by atoms with Crippen molar-refractivity contribution < 1.29 is 9.13 Å². The Morgan fingerprint density at radius 2 is 2.00 bits per heavy atom. The van der Waals surface area contributed by atoms with Gasteiger partial charge in [-0.3, -0.25) is 0 Å². The van der Waals surface area contributed by atoms with Gasteiger partial charge in [-0.05, 0) is 19.1 Å². The summed E-state index contributed by atoms with van der Waals surface area (Å²) < 4.78 is 18.9. The molecule has 0 fully saturated rings. The van der Waals surface area contributed by atoms with Crippen LogP contribution >= 0.6 is 23.2 Å². The van der Waals surface area contributed by atoms with Crippen LogP contribution in [0.1, 0.15) is 18.3 Å². The molecule has 0 atom stereocenters. The Bertz CT molecular complexity index is 620. The fourth-order valence-corrected chi connectivity index (χ4v) is 1.72. The zero-order valence-electron chi connectivity index (χ0n) is 10.4. The van der Waals surface area contributed by atoms with Crippen molar-refractivity contribution >= 4 is 23.2 Å². The molecule has 0 bridgehead atoms. The van der Waals surface area contributed by atoms with Gasteiger partial charge in [0.25, 0.3) is 0 Å². The van der Waals surface area contributed by atoms with Crippen molar-refractivity contribution in [1.29, 1.82) is 0 Å². The summed E-state index contributed by atoms with van der Waals surface area (Å²) in [5.41, 5.74) is 0.606. The molecule has 0 radical (unpaired) electrons. The van der Waals surface area contributed by atoms with E-state index in [4.69, 9.17) is 27.9 Å². The summed E-state index contributed by atoms with van der Waals surface area (Å²) in [6.45, 7) is 3.65. The fourth-order valence-electron chi connectivity index (χ4n) is 1.42. The lowest BCUT2D eigenvalue weighted by Gasteiger charge is -2.10. The molecule has 0 amide bonds. The summed E-state index contributed by atoms with van der Waals surface area (Å²) in [5, 5.41) is 0.371. The molecule has 1 aromatic heterocycles. The van der Waals surface area contributed by atoms with Gasteiger partial charge in [0, 0.05) is 18.1 Å². The maximum atomic E-state index is 13.3. The summed E-state index contributed by atoms with van der Waals surface area (Å²) in [6.07, 6.45) is 0.630. The van der Waals surface area contributed by atoms with Crippen LogP contribution in [0, 0.1) is 12.7 Å². The molecule has 1 aromatic carbocycles. The lowest BCUT2D eigenvalue weighted by atomic mass is 10.3. The molecule has 2 rings (SSSR count). The molecule has 0 saturated heterocycles. The quantitative estimate of drug-likeness (QED) is 0.778. The van der Waals surface area contributed by atoms with Crippen molar-refractivity contribution in [1.82, 2.24) is 9.97 Å². The molecule has 0 saturated carbocycles. The van der Waals surface area contributed by atoms with Crippen molar-refractivity contribution in [2.24, 2.45) is 0 Å². The van der Waals surface area contributed by atoms with Gasteiger partial charge in [0.05, 0.1) is 5.02 Å². The van der Waals surface area contributed by atoms with Gasteiger partial charge < -0.3 is 4.74 Å². The topological polar surface area (TPSA) is 35.0 Å². The third kappa shape index (κ3) is 3.14. The second-order valence-electron chi connectivity index (χ2n) is 3.89. The van der Waals surface area contributed by atoms with Crippen LogP contribution in [-0.2, 0) is 6.42 Å². The number of aryl methyl sites for hydroxylation is 1. The molecular weight excluding hydrogens is 290 g/mol. The number of aromatic nitrogens is 2. The van der Waals surface area contributed by atoms with Crippen molar-refractivity contribution in [3.05, 3.63) is 45.6 Å². The average molecular weight is 301 g/mol. The average Bonchev–Trinajstić information content (AvgIpc) is 2.39. The highest BCUT2D eigenvalue weighted by atomic mass is 35.5. The van der Waals surface area contributed by atoms with Crippen LogP contribution in [0.5, 0.6) is 11.6 Å². The number of hydrogen-bond donors (Lipinski definition) is 0. The minimum atomic E-state index is -0.548. The van der Waals surface area contributed by atoms with E-state index < -0.39 is 5.82 Å². The minimum absolute atomic E-state index is 0.0408. The highest BCUT2D eigenvalue weighted by Gasteiger charge is 2.11. The summed E-state index contributed by atoms with van der Waals surface area (Å²) in [6, 6.07) is 4.18. The Kier molecular flexibility index (Phi) is 4.22. The van der Waals surface area contributed by atoms with Gasteiger partial charge >= 0.3 is 0 Å². The van der Waals surface area contributed by atoms with Crippen LogP contribution in [-0.4, -0.2) is 9.97 Å². The van der Waals surface area contributed by atoms with Gasteiger partial charge in [-0.25, -0.2) is 9.37 Å². The van der Waals surface area contributed by atoms with E-state index >= 15 is 0 Å². The summed E-state index contributed by atoms with van der Waals surface area (Å²) >= 11 is 11.6. The molecule has 0 N–H and O–H groups in total. The maximum Gasteiger partial charge on any atom is 0.226 e. The molecule has 1 heterocycles. The van der Waals surface area contributed by atoms with E-state index in [0.29, 0.717) is 34.6 Å². The minimum Gasteiger partial charge on any atom is -0.438 e. The third-order valence-electron chi connectivity index (χ3n) is 2.51. The zero-order chi connectivity index (χ0) is 14.0. The van der Waals surface area contributed by atoms with Crippen LogP contribution in [0.15, 0.2) is 18.2 Å². The third-order valence-corrected chi connectivity index (χ3v) is 3.18. The van der Waals surface area contributed by atoms with Gasteiger partial charge in [-0.1, -0.05) is 30.1 Å². The van der Waals surface area contributed by atoms with E-state index in [2.05, 4.69) is 9.97 Å². The molecule has 3 nitrogen and oxygen atoms in total. The first kappa shape index (κ1) is 14.0. The standard InChI is InChI=1S/C13H11Cl2FN2O/c1-3-11-17-12(15)7(2)13(18-11)19-8-4-5-9(14)10(16)6-8/h4-6H,3H2,1-2H3. The van der Waals surface area contributed by atoms with E-state index in [1.54, 1.807) is 13.0 Å². The Morgan fingerprint density at radius 1 is 1.26 bits per heavy atom. The molecule has 0 unspecified atom stereocenters. The summed E-state index contributed by atoms with van der Waals surface area (Å²) in [4.78, 5) is 8.33. The van der Waals surface area contributed by atoms with Crippen molar-refractivity contribution in [2.45, 2.75) is 20.3 Å². The van der Waals surface area contributed by atoms with Gasteiger partial charge in [-0.15, -0.1) is 0 Å². The van der Waals surface area contributed by atoms with Crippen LogP contribution in [0.2, 0.25) is 10.2 Å². The van der Waals surface area contributed by atoms with E-state index in [-0.39, 0.29) is 5.02 Å². The van der Waals surface area contributed by atoms with E-state index in [0.717, 1.165) is 0 Å². The monoisotopic (exact) mass is 300 g/mol. The SMILES string of the molecule is CCc1nc(Cl)c(C)c(Oc2ccc(Cl)c(F)c2)n1. The van der Waals surface area contributed by atoms with Crippen LogP contribution in [0.25, 0.3) is 0 Å². The normalized spacial score (nSPS) is 10.6. The number of nitrogens with zero attached hydrogens (tertiary/aromatic N) is 2. The highest BCUT2D eigenvalue weighted by Crippen LogP contribution is 2.29. The molecule has 0 aliphatic rings. The van der Waals surface area contributed by atoms with E-state index in [9.17, 15) is 4.39 Å². The number of ether oxygens (including phenoxy) is 1. The molecule has 100 valence electrons. The molecule has 2 aromatic rings. The lowest BCUT2D eigenvalue weighted by Crippen LogP contribution is -2.00. The maximum absolute atomic E-state index is 13.3. The molecule has 6 heteroatoms. The number of hydrogen-bond acceptors (Lipinski definition) is 3. The van der Waals surface area contributed by atoms with E-state index in [1.165, 1.54) is 12.1 Å². The number of rotatable bonds is 3. The van der Waals surface area contributed by atoms with Gasteiger partial charge in [0.2, 0.25) is 5.88 Å². The largest absolute Gasteiger partial charge is 0.438 e.